The highest BCUT2D eigenvalue weighted by molar-refractivity contribution is 6.17. The standard InChI is InChI=1S/C50H41NO3/c1-4-5-20-40-26-37(49-33(3)45-28-35-15-9-10-16-36(35)29-46(45)50(49)52)27-42(53-40)31-41-25-32(2)43-24-23-39(30-48(43)54-41)51(38-18-7-6-8-19-38)47-22-13-17-34-14-11-12-21-44(34)47/h6-19,21-31,33H,4-5,20H2,1-3H3/b41-31+,49-37+. The fraction of sp³-hybridized carbons (Fsp3) is 0.140. The van der Waals surface area contributed by atoms with Crippen molar-refractivity contribution >= 4 is 50.0 Å². The van der Waals surface area contributed by atoms with E-state index in [1.807, 2.05) is 30.4 Å². The summed E-state index contributed by atoms with van der Waals surface area (Å²) in [6.45, 7) is 6.44. The molecule has 0 saturated carbocycles. The van der Waals surface area contributed by atoms with Crippen LogP contribution in [0.1, 0.15) is 67.4 Å². The summed E-state index contributed by atoms with van der Waals surface area (Å²) in [7, 11) is 0. The Morgan fingerprint density at radius 3 is 2.26 bits per heavy atom. The third kappa shape index (κ3) is 6.04. The second kappa shape index (κ2) is 13.9. The molecule has 4 nitrogen and oxygen atoms in total. The summed E-state index contributed by atoms with van der Waals surface area (Å²) in [5.74, 6) is 3.04. The zero-order valence-corrected chi connectivity index (χ0v) is 30.8. The van der Waals surface area contributed by atoms with E-state index in [2.05, 4.69) is 147 Å². The largest absolute Gasteiger partial charge is 0.462 e. The molecule has 9 rings (SSSR count). The van der Waals surface area contributed by atoms with Gasteiger partial charge in [0.1, 0.15) is 23.0 Å². The number of benzene rings is 6. The molecule has 3 aliphatic rings. The maximum Gasteiger partial charge on any atom is 0.190 e. The fourth-order valence-corrected chi connectivity index (χ4v) is 8.10. The lowest BCUT2D eigenvalue weighted by atomic mass is 9.93. The van der Waals surface area contributed by atoms with Crippen LogP contribution in [-0.4, -0.2) is 5.78 Å². The number of Topliss-reactive ketones (excluding diaryl/α,β-unsaturated/α-hetero) is 1. The van der Waals surface area contributed by atoms with Crippen LogP contribution in [0.2, 0.25) is 0 Å². The number of allylic oxidation sites excluding steroid dienone is 8. The van der Waals surface area contributed by atoms with Crippen molar-refractivity contribution in [2.24, 2.45) is 0 Å². The molecule has 0 bridgehead atoms. The molecule has 54 heavy (non-hydrogen) atoms. The predicted molar refractivity (Wildman–Crippen MR) is 221 cm³/mol. The van der Waals surface area contributed by atoms with E-state index in [0.717, 1.165) is 92.0 Å². The first-order chi connectivity index (χ1) is 26.4. The van der Waals surface area contributed by atoms with E-state index in [1.54, 1.807) is 0 Å². The van der Waals surface area contributed by atoms with E-state index >= 15 is 0 Å². The Kier molecular flexibility index (Phi) is 8.59. The molecule has 1 aliphatic carbocycles. The number of hydrogen-bond acceptors (Lipinski definition) is 4. The molecule has 1 unspecified atom stereocenters. The maximum atomic E-state index is 14.1. The average molecular weight is 704 g/mol. The normalized spacial score (nSPS) is 18.4. The lowest BCUT2D eigenvalue weighted by molar-refractivity contribution is 0.103. The molecule has 0 saturated heterocycles. The van der Waals surface area contributed by atoms with Gasteiger partial charge in [0.15, 0.2) is 5.78 Å². The van der Waals surface area contributed by atoms with Gasteiger partial charge in [0.05, 0.1) is 5.69 Å². The van der Waals surface area contributed by atoms with Crippen LogP contribution in [0, 0.1) is 0 Å². The van der Waals surface area contributed by atoms with Gasteiger partial charge in [-0.2, -0.15) is 0 Å². The van der Waals surface area contributed by atoms with Gasteiger partial charge in [-0.05, 0) is 107 Å². The highest BCUT2D eigenvalue weighted by Crippen LogP contribution is 2.45. The third-order valence-electron chi connectivity index (χ3n) is 10.8. The van der Waals surface area contributed by atoms with Crippen molar-refractivity contribution in [1.29, 1.82) is 0 Å². The number of para-hydroxylation sites is 1. The van der Waals surface area contributed by atoms with Crippen LogP contribution in [-0.2, 0) is 4.74 Å². The van der Waals surface area contributed by atoms with Gasteiger partial charge in [0.25, 0.3) is 0 Å². The Morgan fingerprint density at radius 2 is 1.44 bits per heavy atom. The van der Waals surface area contributed by atoms with Crippen LogP contribution < -0.4 is 9.64 Å². The lowest BCUT2D eigenvalue weighted by Crippen LogP contribution is -2.12. The van der Waals surface area contributed by atoms with Crippen molar-refractivity contribution in [3.63, 3.8) is 0 Å². The van der Waals surface area contributed by atoms with Crippen molar-refractivity contribution in [3.05, 3.63) is 197 Å². The SMILES string of the molecule is CCCCC1=C/C(=C2\C(=O)c3cc4ccccc4cc3C2C)C=C(/C=C2\C=C(C)c3ccc(N(c4ccccc4)c4cccc5ccccc45)cc3O2)O1. The number of carbonyl (C=O) groups is 1. The first kappa shape index (κ1) is 33.4. The molecule has 4 heteroatoms. The molecular weight excluding hydrogens is 663 g/mol. The van der Waals surface area contributed by atoms with Gasteiger partial charge in [-0.1, -0.05) is 99.1 Å². The number of ketones is 1. The Morgan fingerprint density at radius 1 is 0.704 bits per heavy atom. The minimum absolute atomic E-state index is 0.0355. The number of nitrogens with zero attached hydrogens (tertiary/aromatic N) is 1. The zero-order chi connectivity index (χ0) is 36.8. The van der Waals surface area contributed by atoms with Gasteiger partial charge in [0, 0.05) is 57.9 Å². The minimum Gasteiger partial charge on any atom is -0.462 e. The number of hydrogen-bond donors (Lipinski definition) is 0. The summed E-state index contributed by atoms with van der Waals surface area (Å²) in [6, 6.07) is 44.3. The lowest BCUT2D eigenvalue weighted by Gasteiger charge is -2.28. The van der Waals surface area contributed by atoms with Crippen LogP contribution in [0.4, 0.5) is 17.1 Å². The first-order valence-electron chi connectivity index (χ1n) is 18.9. The second-order valence-electron chi connectivity index (χ2n) is 14.4. The van der Waals surface area contributed by atoms with E-state index in [-0.39, 0.29) is 11.7 Å². The molecular formula is C50H41NO3. The summed E-state index contributed by atoms with van der Waals surface area (Å²) in [6.07, 6.45) is 10.9. The predicted octanol–water partition coefficient (Wildman–Crippen LogP) is 13.4. The number of unbranched alkanes of at least 4 members (excludes halogenated alkanes) is 1. The summed E-state index contributed by atoms with van der Waals surface area (Å²) in [5.41, 5.74) is 8.89. The molecule has 6 aromatic carbocycles. The molecule has 0 aromatic heterocycles. The van der Waals surface area contributed by atoms with Crippen LogP contribution in [0.15, 0.2) is 180 Å². The number of fused-ring (bicyclic) bond motifs is 4. The molecule has 0 amide bonds. The smallest absolute Gasteiger partial charge is 0.190 e. The summed E-state index contributed by atoms with van der Waals surface area (Å²) < 4.78 is 13.2. The molecule has 2 aliphatic heterocycles. The molecule has 0 spiro atoms. The number of anilines is 3. The summed E-state index contributed by atoms with van der Waals surface area (Å²) in [5, 5.41) is 4.59. The third-order valence-corrected chi connectivity index (χ3v) is 10.8. The van der Waals surface area contributed by atoms with E-state index in [0.29, 0.717) is 11.5 Å². The van der Waals surface area contributed by atoms with E-state index in [1.165, 1.54) is 10.8 Å². The van der Waals surface area contributed by atoms with Crippen LogP contribution in [0.25, 0.3) is 27.1 Å². The van der Waals surface area contributed by atoms with E-state index in [9.17, 15) is 4.79 Å². The van der Waals surface area contributed by atoms with Gasteiger partial charge in [0.2, 0.25) is 0 Å². The molecule has 0 fully saturated rings. The first-order valence-corrected chi connectivity index (χ1v) is 18.9. The van der Waals surface area contributed by atoms with Crippen molar-refractivity contribution in [2.75, 3.05) is 4.90 Å². The van der Waals surface area contributed by atoms with Gasteiger partial charge in [-0.3, -0.25) is 4.79 Å². The Bertz CT molecular complexity index is 2630. The Labute approximate surface area is 316 Å². The minimum atomic E-state index is -0.0355. The van der Waals surface area contributed by atoms with Gasteiger partial charge < -0.3 is 14.4 Å². The summed E-state index contributed by atoms with van der Waals surface area (Å²) in [4.78, 5) is 16.4. The molecule has 1 atom stereocenters. The highest BCUT2D eigenvalue weighted by atomic mass is 16.5. The topological polar surface area (TPSA) is 38.8 Å². The highest BCUT2D eigenvalue weighted by Gasteiger charge is 2.34. The van der Waals surface area contributed by atoms with Crippen LogP contribution >= 0.6 is 0 Å². The Hall–Kier alpha value is -6.39. The monoisotopic (exact) mass is 703 g/mol. The molecule has 6 aromatic rings. The molecule has 0 radical (unpaired) electrons. The van der Waals surface area contributed by atoms with E-state index in [4.69, 9.17) is 9.47 Å². The summed E-state index contributed by atoms with van der Waals surface area (Å²) >= 11 is 0. The van der Waals surface area contributed by atoms with Crippen LogP contribution in [0.5, 0.6) is 5.75 Å². The van der Waals surface area contributed by atoms with Crippen molar-refractivity contribution in [2.45, 2.75) is 46.0 Å². The number of carbonyl (C=O) groups excluding carboxylic acids is 1. The molecule has 0 N–H and O–H groups in total. The van der Waals surface area contributed by atoms with E-state index < -0.39 is 0 Å². The zero-order valence-electron chi connectivity index (χ0n) is 30.8. The number of rotatable bonds is 7. The Balaban J connectivity index is 1.10. The molecule has 2 heterocycles. The van der Waals surface area contributed by atoms with Crippen molar-refractivity contribution in [1.82, 2.24) is 0 Å². The quantitative estimate of drug-likeness (QED) is 0.155. The van der Waals surface area contributed by atoms with Gasteiger partial charge in [-0.25, -0.2) is 0 Å². The number of ether oxygens (including phenoxy) is 2. The average Bonchev–Trinajstić information content (AvgIpc) is 3.44. The van der Waals surface area contributed by atoms with Crippen molar-refractivity contribution < 1.29 is 14.3 Å². The van der Waals surface area contributed by atoms with Gasteiger partial charge in [-0.15, -0.1) is 0 Å². The second-order valence-corrected chi connectivity index (χ2v) is 14.4. The fourth-order valence-electron chi connectivity index (χ4n) is 8.10. The van der Waals surface area contributed by atoms with Crippen LogP contribution in [0.3, 0.4) is 0 Å². The van der Waals surface area contributed by atoms with Gasteiger partial charge >= 0.3 is 0 Å². The molecule has 264 valence electrons. The maximum absolute atomic E-state index is 14.1. The van der Waals surface area contributed by atoms with Crippen molar-refractivity contribution in [3.8, 4) is 5.75 Å².